The summed E-state index contributed by atoms with van der Waals surface area (Å²) >= 11 is 0. The van der Waals surface area contributed by atoms with Crippen LogP contribution in [0.3, 0.4) is 0 Å². The Morgan fingerprint density at radius 2 is 1.72 bits per heavy atom. The van der Waals surface area contributed by atoms with E-state index in [4.69, 9.17) is 0 Å². The van der Waals surface area contributed by atoms with Crippen molar-refractivity contribution in [2.75, 3.05) is 18.0 Å². The van der Waals surface area contributed by atoms with Crippen molar-refractivity contribution in [3.8, 4) is 5.69 Å². The second-order valence-electron chi connectivity index (χ2n) is 6.76. The van der Waals surface area contributed by atoms with E-state index in [2.05, 4.69) is 20.3 Å². The summed E-state index contributed by atoms with van der Waals surface area (Å²) in [4.78, 5) is 5.29. The molecule has 0 unspecified atom stereocenters. The van der Waals surface area contributed by atoms with Crippen molar-refractivity contribution < 1.29 is 17.2 Å². The minimum absolute atomic E-state index is 0.0611. The lowest BCUT2D eigenvalue weighted by atomic mass is 9.97. The van der Waals surface area contributed by atoms with Crippen LogP contribution in [0.5, 0.6) is 0 Å². The average Bonchev–Trinajstić information content (AvgIpc) is 3.29. The van der Waals surface area contributed by atoms with Gasteiger partial charge in [-0.05, 0) is 43.2 Å². The maximum Gasteiger partial charge on any atom is 0.352 e. The van der Waals surface area contributed by atoms with Gasteiger partial charge in [-0.25, -0.2) is 18.1 Å². The van der Waals surface area contributed by atoms with Crippen molar-refractivity contribution in [2.45, 2.75) is 23.0 Å². The standard InChI is InChI=1S/C18H18F2N6O2S/c19-18(20,14-6-9-25(10-7-14)16-5-8-22-23-11-16)29(27,28)17-3-1-15(2-4-17)26-13-21-12-24-26/h1-5,8,11-14H,6-7,9-10H2. The van der Waals surface area contributed by atoms with Crippen LogP contribution in [0.1, 0.15) is 12.8 Å². The fraction of sp³-hybridized carbons (Fsp3) is 0.333. The van der Waals surface area contributed by atoms with Gasteiger partial charge < -0.3 is 4.90 Å². The summed E-state index contributed by atoms with van der Waals surface area (Å²) in [7, 11) is -4.83. The van der Waals surface area contributed by atoms with E-state index in [1.54, 1.807) is 12.3 Å². The van der Waals surface area contributed by atoms with Crippen LogP contribution in [0, 0.1) is 5.92 Å². The van der Waals surface area contributed by atoms with E-state index in [1.165, 1.54) is 47.8 Å². The number of halogens is 2. The van der Waals surface area contributed by atoms with E-state index in [0.717, 1.165) is 5.69 Å². The molecule has 1 aromatic carbocycles. The van der Waals surface area contributed by atoms with Crippen molar-refractivity contribution >= 4 is 15.5 Å². The molecular formula is C18H18F2N6O2S. The Kier molecular flexibility index (Phi) is 4.99. The normalized spacial score (nSPS) is 16.1. The lowest BCUT2D eigenvalue weighted by molar-refractivity contribution is 0.0149. The van der Waals surface area contributed by atoms with Gasteiger partial charge in [0.25, 0.3) is 0 Å². The molecule has 152 valence electrons. The van der Waals surface area contributed by atoms with Gasteiger partial charge >= 0.3 is 5.25 Å². The molecule has 0 bridgehead atoms. The zero-order valence-corrected chi connectivity index (χ0v) is 16.1. The van der Waals surface area contributed by atoms with Gasteiger partial charge in [-0.15, -0.1) is 0 Å². The molecule has 1 saturated heterocycles. The molecule has 1 fully saturated rings. The van der Waals surface area contributed by atoms with Crippen LogP contribution in [0.25, 0.3) is 5.69 Å². The van der Waals surface area contributed by atoms with Gasteiger partial charge in [0.05, 0.1) is 28.7 Å². The Bertz CT molecular complexity index is 1050. The summed E-state index contributed by atoms with van der Waals surface area (Å²) in [5, 5.41) is 7.55. The largest absolute Gasteiger partial charge is 0.370 e. The third kappa shape index (κ3) is 3.57. The number of sulfone groups is 1. The first-order valence-electron chi connectivity index (χ1n) is 8.99. The zero-order chi connectivity index (χ0) is 20.5. The smallest absolute Gasteiger partial charge is 0.352 e. The molecule has 8 nitrogen and oxygen atoms in total. The highest BCUT2D eigenvalue weighted by Crippen LogP contribution is 2.41. The highest BCUT2D eigenvalue weighted by molar-refractivity contribution is 7.92. The molecule has 0 aliphatic carbocycles. The van der Waals surface area contributed by atoms with Crippen molar-refractivity contribution in [2.24, 2.45) is 5.92 Å². The van der Waals surface area contributed by atoms with E-state index < -0.39 is 25.9 Å². The van der Waals surface area contributed by atoms with Gasteiger partial charge in [-0.1, -0.05) is 0 Å². The Balaban J connectivity index is 1.50. The number of hydrogen-bond donors (Lipinski definition) is 0. The van der Waals surface area contributed by atoms with Crippen LogP contribution in [0.15, 0.2) is 60.3 Å². The molecule has 4 rings (SSSR count). The minimum Gasteiger partial charge on any atom is -0.370 e. The second-order valence-corrected chi connectivity index (χ2v) is 8.78. The van der Waals surface area contributed by atoms with Crippen LogP contribution in [0.2, 0.25) is 0 Å². The van der Waals surface area contributed by atoms with Crippen LogP contribution in [-0.2, 0) is 9.84 Å². The van der Waals surface area contributed by atoms with Gasteiger partial charge in [0.1, 0.15) is 12.7 Å². The lowest BCUT2D eigenvalue weighted by Gasteiger charge is -2.36. The monoisotopic (exact) mass is 420 g/mol. The van der Waals surface area contributed by atoms with Gasteiger partial charge in [0.2, 0.25) is 9.84 Å². The maximum atomic E-state index is 15.0. The minimum atomic E-state index is -4.83. The van der Waals surface area contributed by atoms with Crippen LogP contribution < -0.4 is 4.90 Å². The fourth-order valence-electron chi connectivity index (χ4n) is 3.44. The molecule has 0 saturated carbocycles. The van der Waals surface area contributed by atoms with E-state index >= 15 is 8.78 Å². The van der Waals surface area contributed by atoms with Crippen molar-refractivity contribution in [1.29, 1.82) is 0 Å². The average molecular weight is 420 g/mol. The van der Waals surface area contributed by atoms with Crippen LogP contribution >= 0.6 is 0 Å². The third-order valence-electron chi connectivity index (χ3n) is 5.09. The predicted molar refractivity (Wildman–Crippen MR) is 100 cm³/mol. The Morgan fingerprint density at radius 1 is 1.00 bits per heavy atom. The number of anilines is 1. The zero-order valence-electron chi connectivity index (χ0n) is 15.3. The van der Waals surface area contributed by atoms with Crippen LogP contribution in [-0.4, -0.2) is 51.7 Å². The first kappa shape index (κ1) is 19.4. The number of hydrogen-bond acceptors (Lipinski definition) is 7. The molecule has 11 heteroatoms. The fourth-order valence-corrected chi connectivity index (χ4v) is 4.92. The molecule has 2 aromatic heterocycles. The molecule has 1 aliphatic heterocycles. The van der Waals surface area contributed by atoms with Crippen molar-refractivity contribution in [3.05, 3.63) is 55.4 Å². The molecular weight excluding hydrogens is 402 g/mol. The van der Waals surface area contributed by atoms with E-state index in [9.17, 15) is 8.42 Å². The van der Waals surface area contributed by atoms with Gasteiger partial charge in [0, 0.05) is 19.0 Å². The van der Waals surface area contributed by atoms with Crippen molar-refractivity contribution in [1.82, 2.24) is 25.0 Å². The number of benzene rings is 1. The van der Waals surface area contributed by atoms with E-state index in [-0.39, 0.29) is 12.8 Å². The first-order valence-corrected chi connectivity index (χ1v) is 10.5. The lowest BCUT2D eigenvalue weighted by Crippen LogP contribution is -2.44. The molecule has 0 atom stereocenters. The highest BCUT2D eigenvalue weighted by Gasteiger charge is 2.53. The molecule has 0 amide bonds. The summed E-state index contributed by atoms with van der Waals surface area (Å²) in [6.45, 7) is 0.652. The molecule has 3 heterocycles. The quantitative estimate of drug-likeness (QED) is 0.625. The van der Waals surface area contributed by atoms with E-state index in [0.29, 0.717) is 18.8 Å². The third-order valence-corrected chi connectivity index (χ3v) is 7.04. The first-order chi connectivity index (χ1) is 13.9. The molecule has 3 aromatic rings. The summed E-state index contributed by atoms with van der Waals surface area (Å²) in [6.07, 6.45) is 5.98. The molecule has 0 spiro atoms. The number of nitrogens with zero attached hydrogens (tertiary/aromatic N) is 6. The predicted octanol–water partition coefficient (Wildman–Crippen LogP) is 2.34. The van der Waals surface area contributed by atoms with Gasteiger partial charge in [0.15, 0.2) is 0 Å². The Morgan fingerprint density at radius 3 is 2.31 bits per heavy atom. The number of piperidine rings is 1. The summed E-state index contributed by atoms with van der Waals surface area (Å²) in [5.74, 6) is -1.26. The number of alkyl halides is 2. The van der Waals surface area contributed by atoms with Crippen LogP contribution in [0.4, 0.5) is 14.5 Å². The Labute approximate surface area is 166 Å². The second kappa shape index (κ2) is 7.47. The van der Waals surface area contributed by atoms with Crippen molar-refractivity contribution in [3.63, 3.8) is 0 Å². The van der Waals surface area contributed by atoms with E-state index in [1.807, 2.05) is 4.90 Å². The van der Waals surface area contributed by atoms with Gasteiger partial charge in [-0.3, -0.25) is 0 Å². The Hall–Kier alpha value is -2.95. The molecule has 1 aliphatic rings. The summed E-state index contributed by atoms with van der Waals surface area (Å²) < 4.78 is 56.8. The number of rotatable bonds is 5. The highest BCUT2D eigenvalue weighted by atomic mass is 32.2. The summed E-state index contributed by atoms with van der Waals surface area (Å²) in [5.41, 5.74) is 1.32. The molecule has 0 N–H and O–H groups in total. The molecule has 29 heavy (non-hydrogen) atoms. The SMILES string of the molecule is O=S(=O)(c1ccc(-n2cncn2)cc1)C(F)(F)C1CCN(c2ccnnc2)CC1. The summed E-state index contributed by atoms with van der Waals surface area (Å²) in [6, 6.07) is 6.96. The van der Waals surface area contributed by atoms with Gasteiger partial charge in [-0.2, -0.15) is 24.1 Å². The number of aromatic nitrogens is 5. The molecule has 0 radical (unpaired) electrons. The topological polar surface area (TPSA) is 93.9 Å². The maximum absolute atomic E-state index is 15.0.